The van der Waals surface area contributed by atoms with E-state index in [1.54, 1.807) is 0 Å². The molecule has 0 amide bonds. The van der Waals surface area contributed by atoms with E-state index in [-0.39, 0.29) is 11.9 Å². The molecule has 1 fully saturated rings. The predicted octanol–water partition coefficient (Wildman–Crippen LogP) is 4.96. The van der Waals surface area contributed by atoms with Crippen LogP contribution in [0.25, 0.3) is 0 Å². The van der Waals surface area contributed by atoms with Crippen LogP contribution >= 0.6 is 0 Å². The van der Waals surface area contributed by atoms with E-state index in [4.69, 9.17) is 9.47 Å². The Bertz CT molecular complexity index is 417. The summed E-state index contributed by atoms with van der Waals surface area (Å²) in [6.45, 7) is 6.92. The molecule has 4 nitrogen and oxygen atoms in total. The maximum absolute atomic E-state index is 12.7. The van der Waals surface area contributed by atoms with Crippen LogP contribution in [0.5, 0.6) is 0 Å². The summed E-state index contributed by atoms with van der Waals surface area (Å²) in [4.78, 5) is 25.2. The van der Waals surface area contributed by atoms with Crippen LogP contribution in [0.15, 0.2) is 11.1 Å². The fourth-order valence-electron chi connectivity index (χ4n) is 3.07. The van der Waals surface area contributed by atoms with Crippen LogP contribution in [-0.2, 0) is 19.1 Å². The zero-order valence-corrected chi connectivity index (χ0v) is 15.7. The highest BCUT2D eigenvalue weighted by atomic mass is 16.5. The first kappa shape index (κ1) is 20.7. The molecule has 1 unspecified atom stereocenters. The summed E-state index contributed by atoms with van der Waals surface area (Å²) in [7, 11) is 0. The summed E-state index contributed by atoms with van der Waals surface area (Å²) in [5, 5.41) is 0. The highest BCUT2D eigenvalue weighted by Gasteiger charge is 2.31. The maximum atomic E-state index is 12.7. The highest BCUT2D eigenvalue weighted by Crippen LogP contribution is 2.32. The second-order valence-corrected chi connectivity index (χ2v) is 6.55. The van der Waals surface area contributed by atoms with Crippen molar-refractivity contribution in [3.63, 3.8) is 0 Å². The molecular weight excluding hydrogens is 304 g/mol. The van der Waals surface area contributed by atoms with Gasteiger partial charge in [-0.25, -0.2) is 4.79 Å². The van der Waals surface area contributed by atoms with Crippen molar-refractivity contribution in [2.75, 3.05) is 13.2 Å². The third-order valence-electron chi connectivity index (χ3n) is 4.57. The lowest BCUT2D eigenvalue weighted by Crippen LogP contribution is -2.27. The molecule has 1 saturated carbocycles. The number of allylic oxidation sites excluding steroid dienone is 1. The maximum Gasteiger partial charge on any atom is 0.334 e. The van der Waals surface area contributed by atoms with Gasteiger partial charge in [-0.2, -0.15) is 0 Å². The van der Waals surface area contributed by atoms with Gasteiger partial charge in [-0.3, -0.25) is 4.79 Å². The van der Waals surface area contributed by atoms with Crippen molar-refractivity contribution in [2.45, 2.75) is 85.0 Å². The molecule has 1 aliphatic rings. The molecule has 0 aliphatic heterocycles. The Balaban J connectivity index is 2.92. The van der Waals surface area contributed by atoms with Crippen molar-refractivity contribution in [1.82, 2.24) is 0 Å². The fourth-order valence-corrected chi connectivity index (χ4v) is 3.07. The van der Waals surface area contributed by atoms with Crippen molar-refractivity contribution >= 4 is 11.9 Å². The highest BCUT2D eigenvalue weighted by molar-refractivity contribution is 5.96. The average Bonchev–Trinajstić information content (AvgIpc) is 2.60. The minimum absolute atomic E-state index is 0.272. The molecule has 0 radical (unpaired) electrons. The molecule has 0 N–H and O–H groups in total. The van der Waals surface area contributed by atoms with Gasteiger partial charge in [0.15, 0.2) is 0 Å². The van der Waals surface area contributed by atoms with E-state index in [0.29, 0.717) is 25.2 Å². The largest absolute Gasteiger partial charge is 0.465 e. The Morgan fingerprint density at radius 2 is 1.50 bits per heavy atom. The lowest BCUT2D eigenvalue weighted by atomic mass is 9.84. The molecule has 1 aliphatic carbocycles. The van der Waals surface area contributed by atoms with Crippen LogP contribution in [0.1, 0.15) is 85.0 Å². The van der Waals surface area contributed by atoms with Crippen molar-refractivity contribution in [3.05, 3.63) is 11.1 Å². The first-order valence-electron chi connectivity index (χ1n) is 9.71. The van der Waals surface area contributed by atoms with E-state index in [1.807, 2.05) is 6.92 Å². The summed E-state index contributed by atoms with van der Waals surface area (Å²) >= 11 is 0. The second kappa shape index (κ2) is 12.1. The molecule has 0 aromatic rings. The fraction of sp³-hybridized carbons (Fsp3) is 0.800. The van der Waals surface area contributed by atoms with Crippen LogP contribution in [0.2, 0.25) is 0 Å². The monoisotopic (exact) mass is 338 g/mol. The Labute approximate surface area is 147 Å². The first-order valence-corrected chi connectivity index (χ1v) is 9.71. The third kappa shape index (κ3) is 6.66. The number of ether oxygens (including phenoxy) is 2. The number of hydrogen-bond acceptors (Lipinski definition) is 4. The Morgan fingerprint density at radius 1 is 0.917 bits per heavy atom. The lowest BCUT2D eigenvalue weighted by molar-refractivity contribution is -0.151. The average molecular weight is 338 g/mol. The molecule has 0 bridgehead atoms. The van der Waals surface area contributed by atoms with E-state index < -0.39 is 5.92 Å². The summed E-state index contributed by atoms with van der Waals surface area (Å²) < 4.78 is 10.9. The van der Waals surface area contributed by atoms with E-state index in [9.17, 15) is 9.59 Å². The standard InChI is InChI=1S/C20H34O4/c1-4-7-14-23-19(21)17(6-3)18(16-12-10-9-11-13-16)20(22)24-15-8-5-2/h17H,4-15H2,1-3H3. The zero-order chi connectivity index (χ0) is 17.8. The van der Waals surface area contributed by atoms with Crippen molar-refractivity contribution in [2.24, 2.45) is 5.92 Å². The van der Waals surface area contributed by atoms with E-state index in [1.165, 1.54) is 6.42 Å². The van der Waals surface area contributed by atoms with Crippen LogP contribution in [-0.4, -0.2) is 25.2 Å². The quantitative estimate of drug-likeness (QED) is 0.321. The predicted molar refractivity (Wildman–Crippen MR) is 95.6 cm³/mol. The summed E-state index contributed by atoms with van der Waals surface area (Å²) in [5.74, 6) is -1.06. The molecule has 0 aromatic heterocycles. The molecule has 0 heterocycles. The SMILES string of the molecule is CCCCOC(=O)C(=C1CCCCC1)C(CC)C(=O)OCCCC. The smallest absolute Gasteiger partial charge is 0.334 e. The van der Waals surface area contributed by atoms with Crippen LogP contribution in [0, 0.1) is 5.92 Å². The van der Waals surface area contributed by atoms with Crippen LogP contribution in [0.3, 0.4) is 0 Å². The summed E-state index contributed by atoms with van der Waals surface area (Å²) in [6, 6.07) is 0. The number of rotatable bonds is 10. The van der Waals surface area contributed by atoms with E-state index >= 15 is 0 Å². The molecule has 0 aromatic carbocycles. The topological polar surface area (TPSA) is 52.6 Å². The summed E-state index contributed by atoms with van der Waals surface area (Å²) in [5.41, 5.74) is 1.71. The second-order valence-electron chi connectivity index (χ2n) is 6.55. The van der Waals surface area contributed by atoms with Gasteiger partial charge < -0.3 is 9.47 Å². The number of carbonyl (C=O) groups excluding carboxylic acids is 2. The van der Waals surface area contributed by atoms with Gasteiger partial charge in [-0.15, -0.1) is 0 Å². The van der Waals surface area contributed by atoms with Crippen LogP contribution in [0.4, 0.5) is 0 Å². The van der Waals surface area contributed by atoms with Gasteiger partial charge >= 0.3 is 11.9 Å². The van der Waals surface area contributed by atoms with Crippen LogP contribution < -0.4 is 0 Å². The van der Waals surface area contributed by atoms with Gasteiger partial charge in [0, 0.05) is 0 Å². The lowest BCUT2D eigenvalue weighted by Gasteiger charge is -2.23. The molecule has 0 spiro atoms. The van der Waals surface area contributed by atoms with Crippen molar-refractivity contribution in [3.8, 4) is 0 Å². The molecule has 1 rings (SSSR count). The minimum atomic E-state index is -0.482. The molecular formula is C20H34O4. The van der Waals surface area contributed by atoms with Crippen molar-refractivity contribution < 1.29 is 19.1 Å². The minimum Gasteiger partial charge on any atom is -0.465 e. The van der Waals surface area contributed by atoms with E-state index in [0.717, 1.165) is 56.9 Å². The molecule has 0 saturated heterocycles. The Morgan fingerprint density at radius 3 is 2.04 bits per heavy atom. The third-order valence-corrected chi connectivity index (χ3v) is 4.57. The van der Waals surface area contributed by atoms with E-state index in [2.05, 4.69) is 13.8 Å². The number of unbranched alkanes of at least 4 members (excludes halogenated alkanes) is 2. The van der Waals surface area contributed by atoms with Gasteiger partial charge in [-0.1, -0.05) is 45.6 Å². The normalized spacial score (nSPS) is 15.7. The number of esters is 2. The number of hydrogen-bond donors (Lipinski definition) is 0. The Kier molecular flexibility index (Phi) is 10.4. The molecule has 138 valence electrons. The van der Waals surface area contributed by atoms with Gasteiger partial charge in [0.1, 0.15) is 0 Å². The van der Waals surface area contributed by atoms with Gasteiger partial charge in [-0.05, 0) is 44.9 Å². The summed E-state index contributed by atoms with van der Waals surface area (Å²) in [6.07, 6.45) is 9.42. The first-order chi connectivity index (χ1) is 11.7. The van der Waals surface area contributed by atoms with Crippen molar-refractivity contribution in [1.29, 1.82) is 0 Å². The Hall–Kier alpha value is -1.32. The molecule has 24 heavy (non-hydrogen) atoms. The van der Waals surface area contributed by atoms with Gasteiger partial charge in [0.25, 0.3) is 0 Å². The molecule has 1 atom stereocenters. The zero-order valence-electron chi connectivity index (χ0n) is 15.7. The number of carbonyl (C=O) groups is 2. The molecule has 4 heteroatoms. The van der Waals surface area contributed by atoms with Gasteiger partial charge in [0.2, 0.25) is 0 Å². The van der Waals surface area contributed by atoms with Gasteiger partial charge in [0.05, 0.1) is 24.7 Å².